The Morgan fingerprint density at radius 2 is 1.75 bits per heavy atom. The Balaban J connectivity index is 2.70. The topological polar surface area (TPSA) is 58.9 Å². The first-order valence-corrected chi connectivity index (χ1v) is 5.00. The van der Waals surface area contributed by atoms with Crippen LogP contribution in [0.15, 0.2) is 40.3 Å². The van der Waals surface area contributed by atoms with Gasteiger partial charge in [-0.2, -0.15) is 0 Å². The minimum Gasteiger partial charge on any atom is -0.211 e. The molecule has 0 fully saturated rings. The van der Waals surface area contributed by atoms with Crippen LogP contribution in [0.5, 0.6) is 0 Å². The average molecular weight is 216 g/mol. The second kappa shape index (κ2) is 7.30. The van der Waals surface area contributed by atoms with Crippen molar-refractivity contribution in [3.8, 4) is 0 Å². The van der Waals surface area contributed by atoms with E-state index in [2.05, 4.69) is 9.98 Å². The Morgan fingerprint density at radius 3 is 2.38 bits per heavy atom. The first-order valence-electron chi connectivity index (χ1n) is 5.00. The van der Waals surface area contributed by atoms with Gasteiger partial charge in [-0.1, -0.05) is 30.3 Å². The number of isocyanates is 2. The van der Waals surface area contributed by atoms with Crippen molar-refractivity contribution in [1.29, 1.82) is 0 Å². The second-order valence-corrected chi connectivity index (χ2v) is 3.30. The van der Waals surface area contributed by atoms with Gasteiger partial charge in [0.2, 0.25) is 12.2 Å². The van der Waals surface area contributed by atoms with Gasteiger partial charge in [0, 0.05) is 5.92 Å². The number of benzene rings is 1. The number of rotatable bonds is 6. The molecule has 0 aliphatic rings. The molecule has 1 aromatic carbocycles. The lowest BCUT2D eigenvalue weighted by Gasteiger charge is -2.12. The maximum atomic E-state index is 10.1. The lowest BCUT2D eigenvalue weighted by molar-refractivity contribution is 0.554. The molecule has 0 amide bonds. The Morgan fingerprint density at radius 1 is 1.06 bits per heavy atom. The zero-order valence-electron chi connectivity index (χ0n) is 8.80. The molecular formula is C12H12N2O2. The molecule has 82 valence electrons. The van der Waals surface area contributed by atoms with E-state index >= 15 is 0 Å². The summed E-state index contributed by atoms with van der Waals surface area (Å²) >= 11 is 0. The number of hydrogen-bond acceptors (Lipinski definition) is 4. The van der Waals surface area contributed by atoms with Crippen LogP contribution in [0.1, 0.15) is 17.9 Å². The Hall–Kier alpha value is -2.02. The molecule has 0 N–H and O–H groups in total. The summed E-state index contributed by atoms with van der Waals surface area (Å²) in [5.74, 6) is 0.0970. The molecule has 0 saturated heterocycles. The largest absolute Gasteiger partial charge is 0.234 e. The molecule has 0 aromatic heterocycles. The van der Waals surface area contributed by atoms with E-state index in [4.69, 9.17) is 0 Å². The lowest BCUT2D eigenvalue weighted by atomic mass is 9.96. The molecule has 0 aliphatic heterocycles. The summed E-state index contributed by atoms with van der Waals surface area (Å²) in [6.07, 6.45) is 3.69. The van der Waals surface area contributed by atoms with Crippen molar-refractivity contribution in [1.82, 2.24) is 0 Å². The molecule has 4 nitrogen and oxygen atoms in total. The molecule has 16 heavy (non-hydrogen) atoms. The normalized spacial score (nSPS) is 11.0. The van der Waals surface area contributed by atoms with Crippen LogP contribution >= 0.6 is 0 Å². The highest BCUT2D eigenvalue weighted by Crippen LogP contribution is 2.19. The predicted octanol–water partition coefficient (Wildman–Crippen LogP) is 1.83. The van der Waals surface area contributed by atoms with Crippen LogP contribution in [0.2, 0.25) is 0 Å². The minimum absolute atomic E-state index is 0.0970. The van der Waals surface area contributed by atoms with Crippen molar-refractivity contribution in [3.05, 3.63) is 35.9 Å². The molecule has 1 rings (SSSR count). The van der Waals surface area contributed by atoms with Gasteiger partial charge < -0.3 is 0 Å². The molecule has 1 unspecified atom stereocenters. The van der Waals surface area contributed by atoms with Gasteiger partial charge in [0.15, 0.2) is 0 Å². The van der Waals surface area contributed by atoms with E-state index in [0.29, 0.717) is 19.5 Å². The lowest BCUT2D eigenvalue weighted by Crippen LogP contribution is -2.04. The third kappa shape index (κ3) is 4.01. The van der Waals surface area contributed by atoms with Crippen LogP contribution in [-0.4, -0.2) is 25.2 Å². The van der Waals surface area contributed by atoms with E-state index in [1.54, 1.807) is 0 Å². The predicted molar refractivity (Wildman–Crippen MR) is 59.8 cm³/mol. The fraction of sp³-hybridized carbons (Fsp3) is 0.333. The van der Waals surface area contributed by atoms with E-state index in [-0.39, 0.29) is 5.92 Å². The molecule has 0 heterocycles. The van der Waals surface area contributed by atoms with Crippen LogP contribution in [0, 0.1) is 0 Å². The maximum Gasteiger partial charge on any atom is 0.234 e. The molecule has 4 heteroatoms. The highest BCUT2D eigenvalue weighted by Gasteiger charge is 2.09. The Kier molecular flexibility index (Phi) is 5.49. The minimum atomic E-state index is 0.0970. The van der Waals surface area contributed by atoms with Gasteiger partial charge >= 0.3 is 0 Å². The number of aliphatic imine (C=N–C) groups is 2. The van der Waals surface area contributed by atoms with Crippen LogP contribution in [-0.2, 0) is 9.59 Å². The molecule has 1 atom stereocenters. The summed E-state index contributed by atoms with van der Waals surface area (Å²) in [4.78, 5) is 27.1. The molecule has 0 spiro atoms. The van der Waals surface area contributed by atoms with Crippen molar-refractivity contribution in [2.45, 2.75) is 12.3 Å². The van der Waals surface area contributed by atoms with Gasteiger partial charge in [-0.15, -0.1) is 0 Å². The summed E-state index contributed by atoms with van der Waals surface area (Å²) in [5.41, 5.74) is 1.09. The van der Waals surface area contributed by atoms with Gasteiger partial charge in [0.25, 0.3) is 0 Å². The quantitative estimate of drug-likeness (QED) is 0.538. The Bertz CT molecular complexity index is 404. The highest BCUT2D eigenvalue weighted by atomic mass is 16.1. The first-order chi connectivity index (χ1) is 7.88. The SMILES string of the molecule is O=C=NCCC(CN=C=O)c1ccccc1. The third-order valence-electron chi connectivity index (χ3n) is 2.30. The molecular weight excluding hydrogens is 204 g/mol. The van der Waals surface area contributed by atoms with Crippen molar-refractivity contribution in [2.24, 2.45) is 9.98 Å². The molecule has 0 aliphatic carbocycles. The van der Waals surface area contributed by atoms with Gasteiger partial charge in [-0.05, 0) is 12.0 Å². The van der Waals surface area contributed by atoms with E-state index in [9.17, 15) is 9.59 Å². The summed E-state index contributed by atoms with van der Waals surface area (Å²) < 4.78 is 0. The van der Waals surface area contributed by atoms with E-state index in [1.807, 2.05) is 30.3 Å². The van der Waals surface area contributed by atoms with Crippen LogP contribution in [0.3, 0.4) is 0 Å². The van der Waals surface area contributed by atoms with Crippen LogP contribution in [0.25, 0.3) is 0 Å². The Labute approximate surface area is 93.7 Å². The van der Waals surface area contributed by atoms with E-state index in [0.717, 1.165) is 5.56 Å². The monoisotopic (exact) mass is 216 g/mol. The van der Waals surface area contributed by atoms with Crippen LogP contribution < -0.4 is 0 Å². The number of hydrogen-bond donors (Lipinski definition) is 0. The smallest absolute Gasteiger partial charge is 0.211 e. The molecule has 1 aromatic rings. The van der Waals surface area contributed by atoms with Crippen molar-refractivity contribution in [3.63, 3.8) is 0 Å². The van der Waals surface area contributed by atoms with Crippen molar-refractivity contribution < 1.29 is 9.59 Å². The first kappa shape index (κ1) is 12.1. The van der Waals surface area contributed by atoms with Gasteiger partial charge in [0.05, 0.1) is 13.1 Å². The van der Waals surface area contributed by atoms with Gasteiger partial charge in [0.1, 0.15) is 0 Å². The number of nitrogens with zero attached hydrogens (tertiary/aromatic N) is 2. The zero-order valence-corrected chi connectivity index (χ0v) is 8.80. The standard InChI is InChI=1S/C12H12N2O2/c15-9-13-7-6-12(8-14-10-16)11-4-2-1-3-5-11/h1-5,12H,6-8H2. The molecule has 0 saturated carbocycles. The summed E-state index contributed by atoms with van der Waals surface area (Å²) in [6, 6.07) is 9.71. The summed E-state index contributed by atoms with van der Waals surface area (Å²) in [5, 5.41) is 0. The maximum absolute atomic E-state index is 10.1. The molecule has 0 radical (unpaired) electrons. The average Bonchev–Trinajstić information content (AvgIpc) is 2.35. The van der Waals surface area contributed by atoms with Gasteiger partial charge in [-0.3, -0.25) is 0 Å². The van der Waals surface area contributed by atoms with Crippen molar-refractivity contribution >= 4 is 12.2 Å². The fourth-order valence-electron chi connectivity index (χ4n) is 1.50. The molecule has 0 bridgehead atoms. The van der Waals surface area contributed by atoms with E-state index < -0.39 is 0 Å². The third-order valence-corrected chi connectivity index (χ3v) is 2.30. The van der Waals surface area contributed by atoms with Gasteiger partial charge in [-0.25, -0.2) is 19.6 Å². The van der Waals surface area contributed by atoms with E-state index in [1.165, 1.54) is 12.2 Å². The van der Waals surface area contributed by atoms with Crippen molar-refractivity contribution in [2.75, 3.05) is 13.1 Å². The number of carbonyl (C=O) groups excluding carboxylic acids is 2. The van der Waals surface area contributed by atoms with Crippen LogP contribution in [0.4, 0.5) is 0 Å². The summed E-state index contributed by atoms with van der Waals surface area (Å²) in [6.45, 7) is 0.777. The second-order valence-electron chi connectivity index (χ2n) is 3.30. The zero-order chi connectivity index (χ0) is 11.6. The fourth-order valence-corrected chi connectivity index (χ4v) is 1.50. The summed E-state index contributed by atoms with van der Waals surface area (Å²) in [7, 11) is 0. The highest BCUT2D eigenvalue weighted by molar-refractivity contribution is 5.34.